The van der Waals surface area contributed by atoms with Gasteiger partial charge in [-0.25, -0.2) is 4.79 Å². The molecule has 1 rings (SSSR count). The van der Waals surface area contributed by atoms with Crippen molar-refractivity contribution in [2.24, 2.45) is 0 Å². The summed E-state index contributed by atoms with van der Waals surface area (Å²) in [5.74, 6) is 0. The highest BCUT2D eigenvalue weighted by molar-refractivity contribution is 5.68. The van der Waals surface area contributed by atoms with E-state index < -0.39 is 5.60 Å². The highest BCUT2D eigenvalue weighted by Gasteiger charge is 2.26. The molecule has 0 radical (unpaired) electrons. The van der Waals surface area contributed by atoms with E-state index in [1.807, 2.05) is 20.8 Å². The summed E-state index contributed by atoms with van der Waals surface area (Å²) in [6.07, 6.45) is 5.66. The van der Waals surface area contributed by atoms with E-state index in [1.54, 1.807) is 0 Å². The summed E-state index contributed by atoms with van der Waals surface area (Å²) < 4.78 is 5.31. The van der Waals surface area contributed by atoms with Crippen LogP contribution in [0, 0.1) is 0 Å². The second-order valence-corrected chi connectivity index (χ2v) is 6.99. The molecule has 1 aliphatic rings. The van der Waals surface area contributed by atoms with Gasteiger partial charge in [-0.15, -0.1) is 0 Å². The Kier molecular flexibility index (Phi) is 7.46. The molecular formula is C16H32N2O3. The molecule has 3 unspecified atom stereocenters. The molecule has 1 aliphatic carbocycles. The lowest BCUT2D eigenvalue weighted by atomic mass is 9.90. The SMILES string of the molecule is CCC(CCO)NC1CCCC(NC(=O)OC(C)(C)C)C1. The Morgan fingerprint density at radius 3 is 2.57 bits per heavy atom. The molecule has 0 aromatic heterocycles. The minimum atomic E-state index is -0.454. The number of amides is 1. The fraction of sp³-hybridized carbons (Fsp3) is 0.938. The summed E-state index contributed by atoms with van der Waals surface area (Å²) in [6.45, 7) is 7.97. The molecule has 0 aliphatic heterocycles. The van der Waals surface area contributed by atoms with Crippen molar-refractivity contribution in [1.29, 1.82) is 0 Å². The second kappa shape index (κ2) is 8.59. The molecule has 5 heteroatoms. The predicted molar refractivity (Wildman–Crippen MR) is 84.3 cm³/mol. The third-order valence-electron chi connectivity index (χ3n) is 3.84. The Labute approximate surface area is 128 Å². The Morgan fingerprint density at radius 1 is 1.33 bits per heavy atom. The first-order valence-electron chi connectivity index (χ1n) is 8.20. The third-order valence-corrected chi connectivity index (χ3v) is 3.84. The second-order valence-electron chi connectivity index (χ2n) is 6.99. The molecule has 0 heterocycles. The average Bonchev–Trinajstić information content (AvgIpc) is 2.36. The zero-order valence-electron chi connectivity index (χ0n) is 13.9. The number of nitrogens with one attached hydrogen (secondary N) is 2. The quantitative estimate of drug-likeness (QED) is 0.705. The van der Waals surface area contributed by atoms with Gasteiger partial charge in [-0.1, -0.05) is 6.92 Å². The van der Waals surface area contributed by atoms with Gasteiger partial charge in [0.2, 0.25) is 0 Å². The first-order valence-corrected chi connectivity index (χ1v) is 8.20. The van der Waals surface area contributed by atoms with Crippen LogP contribution in [0.25, 0.3) is 0 Å². The van der Waals surface area contributed by atoms with Crippen LogP contribution in [0.2, 0.25) is 0 Å². The molecule has 5 nitrogen and oxygen atoms in total. The highest BCUT2D eigenvalue weighted by Crippen LogP contribution is 2.20. The maximum absolute atomic E-state index is 11.8. The molecule has 3 atom stereocenters. The molecule has 0 spiro atoms. The van der Waals surface area contributed by atoms with Crippen molar-refractivity contribution in [3.05, 3.63) is 0 Å². The standard InChI is InChI=1S/C16H32N2O3/c1-5-12(9-10-19)17-13-7-6-8-14(11-13)18-15(20)21-16(2,3)4/h12-14,17,19H,5-11H2,1-4H3,(H,18,20). The van der Waals surface area contributed by atoms with E-state index >= 15 is 0 Å². The van der Waals surface area contributed by atoms with Crippen LogP contribution < -0.4 is 10.6 Å². The van der Waals surface area contributed by atoms with Crippen LogP contribution in [0.4, 0.5) is 4.79 Å². The van der Waals surface area contributed by atoms with E-state index in [9.17, 15) is 4.79 Å². The van der Waals surface area contributed by atoms with Crippen molar-refractivity contribution in [2.75, 3.05) is 6.61 Å². The Morgan fingerprint density at radius 2 is 2.00 bits per heavy atom. The summed E-state index contributed by atoms with van der Waals surface area (Å²) in [7, 11) is 0. The molecule has 124 valence electrons. The van der Waals surface area contributed by atoms with Crippen LogP contribution in [-0.4, -0.2) is 41.5 Å². The zero-order chi connectivity index (χ0) is 15.9. The number of hydrogen-bond acceptors (Lipinski definition) is 4. The monoisotopic (exact) mass is 300 g/mol. The topological polar surface area (TPSA) is 70.6 Å². The van der Waals surface area contributed by atoms with E-state index in [2.05, 4.69) is 17.6 Å². The summed E-state index contributed by atoms with van der Waals surface area (Å²) in [6, 6.07) is 0.952. The number of carbonyl (C=O) groups is 1. The van der Waals surface area contributed by atoms with E-state index in [0.717, 1.165) is 38.5 Å². The molecule has 1 saturated carbocycles. The van der Waals surface area contributed by atoms with Crippen molar-refractivity contribution in [1.82, 2.24) is 10.6 Å². The highest BCUT2D eigenvalue weighted by atomic mass is 16.6. The van der Waals surface area contributed by atoms with Gasteiger partial charge in [0.05, 0.1) is 0 Å². The van der Waals surface area contributed by atoms with Crippen molar-refractivity contribution in [2.45, 2.75) is 89.9 Å². The summed E-state index contributed by atoms with van der Waals surface area (Å²) in [5.41, 5.74) is -0.454. The Bertz CT molecular complexity index is 315. The third kappa shape index (κ3) is 7.67. The fourth-order valence-electron chi connectivity index (χ4n) is 2.84. The summed E-state index contributed by atoms with van der Waals surface area (Å²) >= 11 is 0. The van der Waals surface area contributed by atoms with Gasteiger partial charge < -0.3 is 20.5 Å². The Balaban J connectivity index is 2.39. The number of hydrogen-bond donors (Lipinski definition) is 3. The molecule has 3 N–H and O–H groups in total. The smallest absolute Gasteiger partial charge is 0.407 e. The molecular weight excluding hydrogens is 268 g/mol. The molecule has 1 fully saturated rings. The van der Waals surface area contributed by atoms with E-state index in [4.69, 9.17) is 9.84 Å². The predicted octanol–water partition coefficient (Wildman–Crippen LogP) is 2.57. The molecule has 21 heavy (non-hydrogen) atoms. The van der Waals surface area contributed by atoms with Gasteiger partial charge >= 0.3 is 6.09 Å². The minimum Gasteiger partial charge on any atom is -0.444 e. The summed E-state index contributed by atoms with van der Waals surface area (Å²) in [4.78, 5) is 11.8. The van der Waals surface area contributed by atoms with Crippen molar-refractivity contribution >= 4 is 6.09 Å². The molecule has 0 aromatic rings. The van der Waals surface area contributed by atoms with Crippen molar-refractivity contribution in [3.63, 3.8) is 0 Å². The van der Waals surface area contributed by atoms with Crippen LogP contribution in [0.5, 0.6) is 0 Å². The van der Waals surface area contributed by atoms with E-state index in [1.165, 1.54) is 0 Å². The van der Waals surface area contributed by atoms with Gasteiger partial charge in [-0.3, -0.25) is 0 Å². The maximum Gasteiger partial charge on any atom is 0.407 e. The van der Waals surface area contributed by atoms with Crippen LogP contribution in [-0.2, 0) is 4.74 Å². The van der Waals surface area contributed by atoms with Gasteiger partial charge in [-0.2, -0.15) is 0 Å². The van der Waals surface area contributed by atoms with Gasteiger partial charge in [0.1, 0.15) is 5.60 Å². The largest absolute Gasteiger partial charge is 0.444 e. The lowest BCUT2D eigenvalue weighted by Crippen LogP contribution is -2.48. The fourth-order valence-corrected chi connectivity index (χ4v) is 2.84. The molecule has 0 saturated heterocycles. The van der Waals surface area contributed by atoms with Gasteiger partial charge in [0.25, 0.3) is 0 Å². The van der Waals surface area contributed by atoms with Gasteiger partial charge in [0, 0.05) is 24.7 Å². The van der Waals surface area contributed by atoms with Crippen molar-refractivity contribution in [3.8, 4) is 0 Å². The number of ether oxygens (including phenoxy) is 1. The number of aliphatic hydroxyl groups excluding tert-OH is 1. The van der Waals surface area contributed by atoms with Crippen LogP contribution >= 0.6 is 0 Å². The first kappa shape index (κ1) is 18.2. The van der Waals surface area contributed by atoms with Crippen LogP contribution in [0.3, 0.4) is 0 Å². The van der Waals surface area contributed by atoms with Crippen LogP contribution in [0.1, 0.15) is 66.2 Å². The molecule has 1 amide bonds. The number of rotatable bonds is 6. The Hall–Kier alpha value is -0.810. The average molecular weight is 300 g/mol. The number of alkyl carbamates (subject to hydrolysis) is 1. The first-order chi connectivity index (χ1) is 9.84. The number of carbonyl (C=O) groups excluding carboxylic acids is 1. The van der Waals surface area contributed by atoms with Gasteiger partial charge in [0.15, 0.2) is 0 Å². The van der Waals surface area contributed by atoms with Crippen LogP contribution in [0.15, 0.2) is 0 Å². The van der Waals surface area contributed by atoms with Gasteiger partial charge in [-0.05, 0) is 59.3 Å². The van der Waals surface area contributed by atoms with E-state index in [-0.39, 0.29) is 18.7 Å². The minimum absolute atomic E-state index is 0.178. The van der Waals surface area contributed by atoms with E-state index in [0.29, 0.717) is 12.1 Å². The zero-order valence-corrected chi connectivity index (χ0v) is 13.9. The lowest BCUT2D eigenvalue weighted by molar-refractivity contribution is 0.0487. The molecule has 0 aromatic carbocycles. The molecule has 0 bridgehead atoms. The summed E-state index contributed by atoms with van der Waals surface area (Å²) in [5, 5.41) is 15.6. The maximum atomic E-state index is 11.8. The lowest BCUT2D eigenvalue weighted by Gasteiger charge is -2.33. The number of aliphatic hydroxyl groups is 1. The van der Waals surface area contributed by atoms with Crippen molar-refractivity contribution < 1.29 is 14.6 Å². The normalized spacial score (nSPS) is 24.4.